The fraction of sp³-hybridized carbons (Fsp3) is 1.00. The summed E-state index contributed by atoms with van der Waals surface area (Å²) < 4.78 is 10.9. The molecule has 0 amide bonds. The standard InChI is InChI=1S/C5H9ClIO2/c1-5(2)8-3-4(7-6)9-5/h4H,3H2,1-2H3/q-1. The Labute approximate surface area is 68.8 Å². The molecule has 1 rings (SSSR count). The molecule has 0 saturated carbocycles. The van der Waals surface area contributed by atoms with Crippen LogP contribution in [0.25, 0.3) is 0 Å². The van der Waals surface area contributed by atoms with Crippen LogP contribution in [0.1, 0.15) is 13.8 Å². The van der Waals surface area contributed by atoms with Gasteiger partial charge in [-0.2, -0.15) is 0 Å². The van der Waals surface area contributed by atoms with Gasteiger partial charge in [0.15, 0.2) is 0 Å². The summed E-state index contributed by atoms with van der Waals surface area (Å²) in [5.41, 5.74) is 0. The summed E-state index contributed by atoms with van der Waals surface area (Å²) in [6.45, 7) is 4.48. The second kappa shape index (κ2) is 2.90. The van der Waals surface area contributed by atoms with Gasteiger partial charge in [-0.15, -0.1) is 0 Å². The summed E-state index contributed by atoms with van der Waals surface area (Å²) in [5.74, 6) is -0.390. The molecule has 1 atom stereocenters. The molecule has 1 unspecified atom stereocenters. The van der Waals surface area contributed by atoms with Gasteiger partial charge in [0.25, 0.3) is 0 Å². The van der Waals surface area contributed by atoms with Gasteiger partial charge in [0, 0.05) is 0 Å². The summed E-state index contributed by atoms with van der Waals surface area (Å²) in [6.07, 6.45) is 0. The number of hydrogen-bond acceptors (Lipinski definition) is 2. The van der Waals surface area contributed by atoms with Crippen molar-refractivity contribution in [1.82, 2.24) is 0 Å². The Balaban J connectivity index is 2.38. The van der Waals surface area contributed by atoms with Crippen LogP contribution in [-0.4, -0.2) is 16.5 Å². The number of rotatable bonds is 1. The van der Waals surface area contributed by atoms with Gasteiger partial charge in [0.05, 0.1) is 0 Å². The van der Waals surface area contributed by atoms with Gasteiger partial charge in [-0.25, -0.2) is 0 Å². The molecule has 1 aliphatic heterocycles. The zero-order chi connectivity index (χ0) is 6.91. The average molecular weight is 263 g/mol. The molecule has 4 heteroatoms. The van der Waals surface area contributed by atoms with E-state index in [4.69, 9.17) is 18.4 Å². The van der Waals surface area contributed by atoms with Crippen molar-refractivity contribution in [3.05, 3.63) is 0 Å². The van der Waals surface area contributed by atoms with Crippen molar-refractivity contribution in [1.29, 1.82) is 0 Å². The molecule has 0 spiro atoms. The van der Waals surface area contributed by atoms with Crippen LogP contribution in [0.15, 0.2) is 0 Å². The summed E-state index contributed by atoms with van der Waals surface area (Å²) in [5, 5.41) is 0. The molecule has 1 saturated heterocycles. The van der Waals surface area contributed by atoms with Crippen molar-refractivity contribution < 1.29 is 29.6 Å². The first-order valence-corrected chi connectivity index (χ1v) is 6.68. The van der Waals surface area contributed by atoms with E-state index in [1.165, 1.54) is 0 Å². The average Bonchev–Trinajstić information content (AvgIpc) is 2.10. The molecule has 0 N–H and O–H groups in total. The van der Waals surface area contributed by atoms with Crippen molar-refractivity contribution in [3.8, 4) is 0 Å². The van der Waals surface area contributed by atoms with E-state index in [2.05, 4.69) is 0 Å². The van der Waals surface area contributed by atoms with Crippen LogP contribution >= 0.6 is 8.91 Å². The van der Waals surface area contributed by atoms with Crippen LogP contribution in [0, 0.1) is 0 Å². The van der Waals surface area contributed by atoms with Crippen molar-refractivity contribution in [3.63, 3.8) is 0 Å². The minimum atomic E-state index is -0.390. The van der Waals surface area contributed by atoms with Crippen molar-refractivity contribution >= 4 is 8.91 Å². The first-order chi connectivity index (χ1) is 4.14. The maximum absolute atomic E-state index is 5.64. The monoisotopic (exact) mass is 263 g/mol. The fourth-order valence-electron chi connectivity index (χ4n) is 0.683. The molecule has 1 fully saturated rings. The molecule has 0 bridgehead atoms. The normalized spacial score (nSPS) is 33.4. The van der Waals surface area contributed by atoms with Crippen LogP contribution in [0.3, 0.4) is 0 Å². The molecule has 0 radical (unpaired) electrons. The molecular weight excluding hydrogens is 254 g/mol. The Kier molecular flexibility index (Phi) is 2.59. The SMILES string of the molecule is CC1(C)OCC([I-]Cl)O1. The van der Waals surface area contributed by atoms with E-state index in [1.807, 2.05) is 13.8 Å². The Bertz CT molecular complexity index is 107. The zero-order valence-electron chi connectivity index (χ0n) is 5.36. The summed E-state index contributed by atoms with van der Waals surface area (Å²) in [7, 11) is 5.64. The first kappa shape index (κ1) is 8.04. The van der Waals surface area contributed by atoms with Gasteiger partial charge in [-0.05, 0) is 0 Å². The molecule has 2 nitrogen and oxygen atoms in total. The van der Waals surface area contributed by atoms with E-state index in [0.29, 0.717) is 6.61 Å². The first-order valence-electron chi connectivity index (χ1n) is 2.70. The van der Waals surface area contributed by atoms with Gasteiger partial charge in [-0.3, -0.25) is 0 Å². The van der Waals surface area contributed by atoms with Gasteiger partial charge in [0.2, 0.25) is 0 Å². The Morgan fingerprint density at radius 1 is 1.67 bits per heavy atom. The second-order valence-corrected chi connectivity index (χ2v) is 5.29. The predicted molar refractivity (Wildman–Crippen MR) is 30.8 cm³/mol. The molecule has 0 aromatic rings. The summed E-state index contributed by atoms with van der Waals surface area (Å²) in [6, 6.07) is 0. The van der Waals surface area contributed by atoms with Gasteiger partial charge in [-0.1, -0.05) is 0 Å². The van der Waals surface area contributed by atoms with E-state index < -0.39 is 0 Å². The number of halogens is 2. The van der Waals surface area contributed by atoms with E-state index in [9.17, 15) is 0 Å². The molecule has 1 aliphatic rings. The van der Waals surface area contributed by atoms with Crippen LogP contribution in [0.5, 0.6) is 0 Å². The van der Waals surface area contributed by atoms with Crippen molar-refractivity contribution in [2.75, 3.05) is 6.61 Å². The number of alkyl halides is 1. The second-order valence-electron chi connectivity index (χ2n) is 2.32. The van der Waals surface area contributed by atoms with Crippen LogP contribution < -0.4 is 20.1 Å². The van der Waals surface area contributed by atoms with E-state index in [-0.39, 0.29) is 30.0 Å². The van der Waals surface area contributed by atoms with Crippen LogP contribution in [0.2, 0.25) is 0 Å². The van der Waals surface area contributed by atoms with Crippen LogP contribution in [-0.2, 0) is 9.47 Å². The van der Waals surface area contributed by atoms with E-state index in [1.54, 1.807) is 0 Å². The third-order valence-corrected chi connectivity index (χ3v) is 3.44. The number of ether oxygens (including phenoxy) is 2. The topological polar surface area (TPSA) is 18.5 Å². The van der Waals surface area contributed by atoms with Crippen molar-refractivity contribution in [2.45, 2.75) is 23.7 Å². The van der Waals surface area contributed by atoms with Gasteiger partial charge in [0.1, 0.15) is 0 Å². The quantitative estimate of drug-likeness (QED) is 0.416. The third-order valence-electron chi connectivity index (χ3n) is 1.07. The summed E-state index contributed by atoms with van der Waals surface area (Å²) >= 11 is -0.331. The molecule has 0 aliphatic carbocycles. The van der Waals surface area contributed by atoms with Gasteiger partial charge >= 0.3 is 68.8 Å². The molecule has 9 heavy (non-hydrogen) atoms. The molecule has 56 valence electrons. The number of hydrogen-bond donors (Lipinski definition) is 0. The maximum atomic E-state index is 5.64. The van der Waals surface area contributed by atoms with Crippen LogP contribution in [0.4, 0.5) is 0 Å². The Morgan fingerprint density at radius 3 is 2.56 bits per heavy atom. The molecule has 0 aromatic heterocycles. The Morgan fingerprint density at radius 2 is 2.33 bits per heavy atom. The molecular formula is C5H9ClIO2-. The minimum absolute atomic E-state index is 0.195. The third kappa shape index (κ3) is 2.22. The van der Waals surface area contributed by atoms with Crippen molar-refractivity contribution in [2.24, 2.45) is 0 Å². The Hall–Kier alpha value is 0.940. The fourth-order valence-corrected chi connectivity index (χ4v) is 2.25. The molecule has 0 aromatic carbocycles. The van der Waals surface area contributed by atoms with E-state index in [0.717, 1.165) is 0 Å². The van der Waals surface area contributed by atoms with E-state index >= 15 is 0 Å². The summed E-state index contributed by atoms with van der Waals surface area (Å²) in [4.78, 5) is 0. The zero-order valence-corrected chi connectivity index (χ0v) is 8.27. The molecule has 1 heterocycles. The predicted octanol–water partition coefficient (Wildman–Crippen LogP) is -1.66. The van der Waals surface area contributed by atoms with Gasteiger partial charge < -0.3 is 0 Å².